The van der Waals surface area contributed by atoms with Crippen molar-refractivity contribution in [3.8, 4) is 0 Å². The van der Waals surface area contributed by atoms with Gasteiger partial charge in [0, 0.05) is 42.0 Å². The molecule has 0 bridgehead atoms. The predicted octanol–water partition coefficient (Wildman–Crippen LogP) is 4.54. The fraction of sp³-hybridized carbons (Fsp3) is 0.300. The highest BCUT2D eigenvalue weighted by atomic mass is 79.9. The van der Waals surface area contributed by atoms with E-state index >= 15 is 0 Å². The van der Waals surface area contributed by atoms with Crippen LogP contribution < -0.4 is 10.2 Å². The molecule has 5 nitrogen and oxygen atoms in total. The van der Waals surface area contributed by atoms with E-state index in [1.54, 1.807) is 0 Å². The van der Waals surface area contributed by atoms with Gasteiger partial charge < -0.3 is 20.2 Å². The Morgan fingerprint density at radius 1 is 1.17 bits per heavy atom. The van der Waals surface area contributed by atoms with E-state index in [0.29, 0.717) is 0 Å². The number of carbonyl (C=O) groups is 1. The Labute approximate surface area is 182 Å². The Bertz CT molecular complexity index is 867. The SMILES string of the molecule is Cc1cc(Br)ccc1N1CCN(C)CC1.O=C(O)c1c(F)cc(NC=S)cc1F. The fourth-order valence-electron chi connectivity index (χ4n) is 2.95. The van der Waals surface area contributed by atoms with E-state index in [1.807, 2.05) is 0 Å². The standard InChI is InChI=1S/C12H17BrN2.C8H5F2NO2S/c1-10-9-11(13)3-4-12(10)15-7-5-14(2)6-8-15;9-5-1-4(11-3-14)2-6(10)7(5)8(12)13/h3-4,9H,5-8H2,1-2H3;1-3H,(H,11,14)(H,12,13). The number of aryl methyl sites for hydroxylation is 1. The third kappa shape index (κ3) is 6.45. The third-order valence-electron chi connectivity index (χ3n) is 4.48. The maximum Gasteiger partial charge on any atom is 0.341 e. The van der Waals surface area contributed by atoms with Crippen LogP contribution in [0.15, 0.2) is 34.8 Å². The number of halogens is 3. The first-order valence-electron chi connectivity index (χ1n) is 8.85. The summed E-state index contributed by atoms with van der Waals surface area (Å²) < 4.78 is 27.1. The van der Waals surface area contributed by atoms with Crippen LogP contribution in [-0.4, -0.2) is 54.7 Å². The van der Waals surface area contributed by atoms with Gasteiger partial charge in [0.1, 0.15) is 17.2 Å². The first-order valence-corrected chi connectivity index (χ1v) is 10.1. The summed E-state index contributed by atoms with van der Waals surface area (Å²) in [5.74, 6) is -3.93. The molecule has 3 rings (SSSR count). The van der Waals surface area contributed by atoms with Gasteiger partial charge in [-0.3, -0.25) is 0 Å². The number of thiocarbonyl (C=S) groups is 1. The van der Waals surface area contributed by atoms with Gasteiger partial charge in [-0.2, -0.15) is 0 Å². The van der Waals surface area contributed by atoms with Gasteiger partial charge in [0.05, 0.1) is 5.49 Å². The monoisotopic (exact) mass is 485 g/mol. The van der Waals surface area contributed by atoms with Gasteiger partial charge in [-0.15, -0.1) is 0 Å². The molecular formula is C20H22BrF2N3O2S. The van der Waals surface area contributed by atoms with Crippen LogP contribution in [0, 0.1) is 18.6 Å². The van der Waals surface area contributed by atoms with Crippen LogP contribution in [0.4, 0.5) is 20.2 Å². The summed E-state index contributed by atoms with van der Waals surface area (Å²) in [6.07, 6.45) is 0. The third-order valence-corrected chi connectivity index (χ3v) is 5.10. The van der Waals surface area contributed by atoms with Crippen LogP contribution in [0.5, 0.6) is 0 Å². The zero-order valence-corrected chi connectivity index (χ0v) is 18.5. The lowest BCUT2D eigenvalue weighted by Gasteiger charge is -2.34. The molecule has 0 saturated carbocycles. The molecule has 2 N–H and O–H groups in total. The Hall–Kier alpha value is -2.10. The van der Waals surface area contributed by atoms with Crippen LogP contribution in [0.2, 0.25) is 0 Å². The average Bonchev–Trinajstić information content (AvgIpc) is 2.63. The first-order chi connectivity index (χ1) is 13.7. The zero-order valence-electron chi connectivity index (χ0n) is 16.1. The summed E-state index contributed by atoms with van der Waals surface area (Å²) in [7, 11) is 2.19. The number of likely N-dealkylation sites (N-methyl/N-ethyl adjacent to an activating group) is 1. The lowest BCUT2D eigenvalue weighted by Crippen LogP contribution is -2.44. The number of carboxylic acids is 1. The van der Waals surface area contributed by atoms with Crippen molar-refractivity contribution in [3.05, 3.63) is 57.6 Å². The Morgan fingerprint density at radius 3 is 2.24 bits per heavy atom. The normalized spacial score (nSPS) is 14.0. The number of carboxylic acid groups (broad SMARTS) is 1. The smallest absolute Gasteiger partial charge is 0.341 e. The molecule has 9 heteroatoms. The second-order valence-electron chi connectivity index (χ2n) is 6.60. The van der Waals surface area contributed by atoms with E-state index in [9.17, 15) is 13.6 Å². The zero-order chi connectivity index (χ0) is 21.6. The largest absolute Gasteiger partial charge is 0.477 e. The average molecular weight is 486 g/mol. The molecule has 1 fully saturated rings. The quantitative estimate of drug-likeness (QED) is 0.619. The lowest BCUT2D eigenvalue weighted by molar-refractivity contribution is 0.0686. The van der Waals surface area contributed by atoms with Gasteiger partial charge in [0.15, 0.2) is 0 Å². The number of rotatable bonds is 4. The minimum Gasteiger partial charge on any atom is -0.477 e. The highest BCUT2D eigenvalue weighted by molar-refractivity contribution is 9.10. The molecule has 0 radical (unpaired) electrons. The van der Waals surface area contributed by atoms with E-state index < -0.39 is 23.2 Å². The molecule has 1 saturated heterocycles. The molecule has 1 heterocycles. The molecule has 1 aliphatic heterocycles. The fourth-order valence-corrected chi connectivity index (χ4v) is 3.56. The molecule has 2 aromatic rings. The Morgan fingerprint density at radius 2 is 1.76 bits per heavy atom. The van der Waals surface area contributed by atoms with Crippen LogP contribution in [0.1, 0.15) is 15.9 Å². The van der Waals surface area contributed by atoms with Crippen LogP contribution >= 0.6 is 28.1 Å². The molecule has 2 aromatic carbocycles. The summed E-state index contributed by atoms with van der Waals surface area (Å²) in [5.41, 5.74) is 2.90. The molecule has 29 heavy (non-hydrogen) atoms. The van der Waals surface area contributed by atoms with Crippen LogP contribution in [0.25, 0.3) is 0 Å². The van der Waals surface area contributed by atoms with Crippen molar-refractivity contribution in [2.24, 2.45) is 0 Å². The minimum absolute atomic E-state index is 0.0694. The summed E-state index contributed by atoms with van der Waals surface area (Å²) >= 11 is 7.91. The molecule has 0 atom stereocenters. The van der Waals surface area contributed by atoms with Gasteiger partial charge in [0.2, 0.25) is 0 Å². The number of hydrogen-bond donors (Lipinski definition) is 2. The number of anilines is 2. The molecule has 0 spiro atoms. The Balaban J connectivity index is 0.000000208. The highest BCUT2D eigenvalue weighted by Crippen LogP contribution is 2.24. The number of nitrogens with zero attached hydrogens (tertiary/aromatic N) is 2. The van der Waals surface area contributed by atoms with Gasteiger partial charge in [-0.1, -0.05) is 28.1 Å². The number of nitrogens with one attached hydrogen (secondary N) is 1. The number of benzene rings is 2. The van der Waals surface area contributed by atoms with E-state index in [2.05, 4.69) is 75.4 Å². The number of piperazine rings is 1. The van der Waals surface area contributed by atoms with Crippen LogP contribution in [0.3, 0.4) is 0 Å². The van der Waals surface area contributed by atoms with Crippen molar-refractivity contribution in [1.29, 1.82) is 0 Å². The molecular weight excluding hydrogens is 464 g/mol. The molecule has 0 aliphatic carbocycles. The predicted molar refractivity (Wildman–Crippen MR) is 119 cm³/mol. The minimum atomic E-state index is -1.64. The summed E-state index contributed by atoms with van der Waals surface area (Å²) in [6.45, 7) is 6.78. The van der Waals surface area contributed by atoms with Gasteiger partial charge in [-0.05, 0) is 49.9 Å². The van der Waals surface area contributed by atoms with Crippen molar-refractivity contribution in [3.63, 3.8) is 0 Å². The van der Waals surface area contributed by atoms with Crippen molar-refractivity contribution in [2.75, 3.05) is 43.4 Å². The summed E-state index contributed by atoms with van der Waals surface area (Å²) in [6, 6.07) is 8.24. The maximum atomic E-state index is 13.0. The second kappa shape index (κ2) is 10.6. The van der Waals surface area contributed by atoms with Gasteiger partial charge >= 0.3 is 5.97 Å². The van der Waals surface area contributed by atoms with Crippen molar-refractivity contribution >= 4 is 51.0 Å². The van der Waals surface area contributed by atoms with Gasteiger partial charge in [-0.25, -0.2) is 13.6 Å². The van der Waals surface area contributed by atoms with E-state index in [1.165, 1.54) is 11.3 Å². The molecule has 0 aromatic heterocycles. The molecule has 0 unspecified atom stereocenters. The highest BCUT2D eigenvalue weighted by Gasteiger charge is 2.17. The summed E-state index contributed by atoms with van der Waals surface area (Å²) in [5, 5.41) is 10.8. The van der Waals surface area contributed by atoms with Crippen LogP contribution in [-0.2, 0) is 0 Å². The summed E-state index contributed by atoms with van der Waals surface area (Å²) in [4.78, 5) is 15.2. The van der Waals surface area contributed by atoms with Crippen molar-refractivity contribution < 1.29 is 18.7 Å². The van der Waals surface area contributed by atoms with E-state index in [-0.39, 0.29) is 5.69 Å². The topological polar surface area (TPSA) is 55.8 Å². The van der Waals surface area contributed by atoms with E-state index in [0.717, 1.165) is 48.3 Å². The van der Waals surface area contributed by atoms with Crippen molar-refractivity contribution in [1.82, 2.24) is 4.90 Å². The number of aromatic carboxylic acids is 1. The van der Waals surface area contributed by atoms with Gasteiger partial charge in [0.25, 0.3) is 0 Å². The lowest BCUT2D eigenvalue weighted by atomic mass is 10.1. The second-order valence-corrected chi connectivity index (χ2v) is 7.75. The first kappa shape index (κ1) is 23.2. The maximum absolute atomic E-state index is 13.0. The molecule has 156 valence electrons. The van der Waals surface area contributed by atoms with Crippen molar-refractivity contribution in [2.45, 2.75) is 6.92 Å². The molecule has 1 aliphatic rings. The Kier molecular flexibility index (Phi) is 8.48. The number of hydrogen-bond acceptors (Lipinski definition) is 4. The molecule has 0 amide bonds. The van der Waals surface area contributed by atoms with E-state index in [4.69, 9.17) is 5.11 Å².